The average Bonchev–Trinajstić information content (AvgIpc) is 2.40. The largest absolute Gasteiger partial charge is 0.392 e. The van der Waals surface area contributed by atoms with Crippen molar-refractivity contribution in [3.05, 3.63) is 29.3 Å². The molecule has 0 aliphatic heterocycles. The lowest BCUT2D eigenvalue weighted by atomic mass is 9.83. The summed E-state index contributed by atoms with van der Waals surface area (Å²) in [6, 6.07) is 4.97. The average molecular weight is 297 g/mol. The molecular formula is C15H23NO3S. The van der Waals surface area contributed by atoms with Crippen LogP contribution in [0.4, 0.5) is 0 Å². The number of sulfonamides is 1. The maximum atomic E-state index is 12.2. The van der Waals surface area contributed by atoms with Crippen LogP contribution in [-0.4, -0.2) is 20.1 Å². The van der Waals surface area contributed by atoms with E-state index in [0.717, 1.165) is 18.4 Å². The van der Waals surface area contributed by atoms with E-state index in [9.17, 15) is 13.5 Å². The van der Waals surface area contributed by atoms with E-state index in [2.05, 4.69) is 4.72 Å². The standard InChI is InChI=1S/C15H23NO3S/c1-2-13-6-7-15(10-14(13)11-17)20(18,19)16-9-8-12-4-3-5-12/h6-7,10,12,16-17H,2-5,8-9,11H2,1H3. The number of hydrogen-bond donors (Lipinski definition) is 2. The van der Waals surface area contributed by atoms with Gasteiger partial charge in [0.05, 0.1) is 11.5 Å². The summed E-state index contributed by atoms with van der Waals surface area (Å²) < 4.78 is 27.0. The summed E-state index contributed by atoms with van der Waals surface area (Å²) in [5.74, 6) is 0.688. The highest BCUT2D eigenvalue weighted by molar-refractivity contribution is 7.89. The van der Waals surface area contributed by atoms with Crippen LogP contribution in [0.2, 0.25) is 0 Å². The zero-order valence-electron chi connectivity index (χ0n) is 11.9. The highest BCUT2D eigenvalue weighted by atomic mass is 32.2. The number of aliphatic hydroxyl groups is 1. The molecule has 0 heterocycles. The summed E-state index contributed by atoms with van der Waals surface area (Å²) in [7, 11) is -3.46. The second-order valence-electron chi connectivity index (χ2n) is 5.43. The quantitative estimate of drug-likeness (QED) is 0.811. The van der Waals surface area contributed by atoms with Crippen molar-refractivity contribution in [2.24, 2.45) is 5.92 Å². The first-order valence-corrected chi connectivity index (χ1v) is 8.77. The molecular weight excluding hydrogens is 274 g/mol. The molecule has 1 saturated carbocycles. The second kappa shape index (κ2) is 6.70. The molecule has 0 saturated heterocycles. The normalized spacial score (nSPS) is 16.1. The molecule has 1 aromatic rings. The molecule has 0 aromatic heterocycles. The minimum absolute atomic E-state index is 0.130. The van der Waals surface area contributed by atoms with Gasteiger partial charge in [-0.3, -0.25) is 0 Å². The molecule has 0 atom stereocenters. The van der Waals surface area contributed by atoms with Crippen molar-refractivity contribution in [2.45, 2.75) is 50.5 Å². The smallest absolute Gasteiger partial charge is 0.240 e. The summed E-state index contributed by atoms with van der Waals surface area (Å²) in [5.41, 5.74) is 1.68. The van der Waals surface area contributed by atoms with Crippen LogP contribution in [0.15, 0.2) is 23.1 Å². The summed E-state index contributed by atoms with van der Waals surface area (Å²) in [5, 5.41) is 9.31. The van der Waals surface area contributed by atoms with E-state index in [-0.39, 0.29) is 11.5 Å². The first-order chi connectivity index (χ1) is 9.56. The molecule has 1 aliphatic rings. The molecule has 5 heteroatoms. The predicted octanol–water partition coefficient (Wildman–Crippen LogP) is 2.21. The van der Waals surface area contributed by atoms with E-state index in [1.807, 2.05) is 6.92 Å². The fraction of sp³-hybridized carbons (Fsp3) is 0.600. The van der Waals surface area contributed by atoms with Crippen molar-refractivity contribution in [2.75, 3.05) is 6.54 Å². The SMILES string of the molecule is CCc1ccc(S(=O)(=O)NCCC2CCC2)cc1CO. The van der Waals surface area contributed by atoms with Crippen LogP contribution in [-0.2, 0) is 23.1 Å². The van der Waals surface area contributed by atoms with Gasteiger partial charge in [-0.25, -0.2) is 13.1 Å². The Bertz CT molecular complexity index is 550. The topological polar surface area (TPSA) is 66.4 Å². The lowest BCUT2D eigenvalue weighted by Gasteiger charge is -2.25. The first-order valence-electron chi connectivity index (χ1n) is 7.29. The van der Waals surface area contributed by atoms with Gasteiger partial charge in [0.2, 0.25) is 10.0 Å². The summed E-state index contributed by atoms with van der Waals surface area (Å²) in [6.07, 6.45) is 5.42. The third-order valence-electron chi connectivity index (χ3n) is 4.11. The van der Waals surface area contributed by atoms with Crippen LogP contribution in [0.1, 0.15) is 43.7 Å². The minimum atomic E-state index is -3.46. The van der Waals surface area contributed by atoms with Crippen LogP contribution in [0, 0.1) is 5.92 Å². The highest BCUT2D eigenvalue weighted by Gasteiger charge is 2.19. The molecule has 2 rings (SSSR count). The van der Waals surface area contributed by atoms with Crippen LogP contribution < -0.4 is 4.72 Å². The van der Waals surface area contributed by atoms with Gasteiger partial charge >= 0.3 is 0 Å². The van der Waals surface area contributed by atoms with Crippen molar-refractivity contribution >= 4 is 10.0 Å². The van der Waals surface area contributed by atoms with Crippen LogP contribution in [0.3, 0.4) is 0 Å². The van der Waals surface area contributed by atoms with E-state index >= 15 is 0 Å². The molecule has 1 aliphatic carbocycles. The van der Waals surface area contributed by atoms with E-state index in [0.29, 0.717) is 18.0 Å². The van der Waals surface area contributed by atoms with Crippen molar-refractivity contribution in [3.8, 4) is 0 Å². The van der Waals surface area contributed by atoms with Gasteiger partial charge in [0.15, 0.2) is 0 Å². The molecule has 2 N–H and O–H groups in total. The predicted molar refractivity (Wildman–Crippen MR) is 78.9 cm³/mol. The van der Waals surface area contributed by atoms with E-state index < -0.39 is 10.0 Å². The van der Waals surface area contributed by atoms with Crippen LogP contribution in [0.25, 0.3) is 0 Å². The number of rotatable bonds is 7. The molecule has 4 nitrogen and oxygen atoms in total. The van der Waals surface area contributed by atoms with Gasteiger partial charge in [-0.05, 0) is 42.0 Å². The van der Waals surface area contributed by atoms with Gasteiger partial charge in [0.1, 0.15) is 0 Å². The minimum Gasteiger partial charge on any atom is -0.392 e. The first kappa shape index (κ1) is 15.5. The summed E-state index contributed by atoms with van der Waals surface area (Å²) >= 11 is 0. The van der Waals surface area contributed by atoms with E-state index in [1.54, 1.807) is 18.2 Å². The summed E-state index contributed by atoms with van der Waals surface area (Å²) in [4.78, 5) is 0.243. The van der Waals surface area contributed by atoms with Crippen molar-refractivity contribution in [1.29, 1.82) is 0 Å². The fourth-order valence-corrected chi connectivity index (χ4v) is 3.62. The van der Waals surface area contributed by atoms with Crippen molar-refractivity contribution in [3.63, 3.8) is 0 Å². The van der Waals surface area contributed by atoms with Gasteiger partial charge < -0.3 is 5.11 Å². The molecule has 1 fully saturated rings. The number of nitrogens with one attached hydrogen (secondary N) is 1. The molecule has 0 bridgehead atoms. The van der Waals surface area contributed by atoms with Crippen LogP contribution >= 0.6 is 0 Å². The van der Waals surface area contributed by atoms with Crippen molar-refractivity contribution < 1.29 is 13.5 Å². The Morgan fingerprint density at radius 1 is 1.30 bits per heavy atom. The Kier molecular flexibility index (Phi) is 5.18. The zero-order chi connectivity index (χ0) is 14.6. The summed E-state index contributed by atoms with van der Waals surface area (Å²) in [6.45, 7) is 2.35. The Balaban J connectivity index is 2.03. The number of benzene rings is 1. The second-order valence-corrected chi connectivity index (χ2v) is 7.19. The molecule has 20 heavy (non-hydrogen) atoms. The fourth-order valence-electron chi connectivity index (χ4n) is 2.52. The number of aliphatic hydroxyl groups excluding tert-OH is 1. The third kappa shape index (κ3) is 3.59. The molecule has 112 valence electrons. The number of hydrogen-bond acceptors (Lipinski definition) is 3. The van der Waals surface area contributed by atoms with Crippen molar-refractivity contribution in [1.82, 2.24) is 4.72 Å². The maximum Gasteiger partial charge on any atom is 0.240 e. The molecule has 0 spiro atoms. The van der Waals surface area contributed by atoms with Gasteiger partial charge in [0, 0.05) is 6.54 Å². The number of aryl methyl sites for hydroxylation is 1. The Labute approximate surface area is 121 Å². The lowest BCUT2D eigenvalue weighted by molar-refractivity contribution is 0.280. The third-order valence-corrected chi connectivity index (χ3v) is 5.57. The van der Waals surface area contributed by atoms with E-state index in [1.165, 1.54) is 19.3 Å². The van der Waals surface area contributed by atoms with Crippen LogP contribution in [0.5, 0.6) is 0 Å². The monoisotopic (exact) mass is 297 g/mol. The Morgan fingerprint density at radius 2 is 2.05 bits per heavy atom. The van der Waals surface area contributed by atoms with Gasteiger partial charge in [-0.2, -0.15) is 0 Å². The molecule has 0 amide bonds. The molecule has 0 radical (unpaired) electrons. The van der Waals surface area contributed by atoms with E-state index in [4.69, 9.17) is 0 Å². The maximum absolute atomic E-state index is 12.2. The molecule has 0 unspecified atom stereocenters. The van der Waals surface area contributed by atoms with Gasteiger partial charge in [-0.1, -0.05) is 32.3 Å². The zero-order valence-corrected chi connectivity index (χ0v) is 12.7. The Hall–Kier alpha value is -0.910. The highest BCUT2D eigenvalue weighted by Crippen LogP contribution is 2.28. The van der Waals surface area contributed by atoms with Gasteiger partial charge in [0.25, 0.3) is 0 Å². The Morgan fingerprint density at radius 3 is 2.60 bits per heavy atom. The molecule has 1 aromatic carbocycles. The lowest BCUT2D eigenvalue weighted by Crippen LogP contribution is -2.27. The van der Waals surface area contributed by atoms with Gasteiger partial charge in [-0.15, -0.1) is 0 Å².